The number of carboxylic acid groups (broad SMARTS) is 1. The molecule has 1 aromatic rings. The molecule has 0 saturated heterocycles. The number of fused-ring (bicyclic) bond motifs is 1. The summed E-state index contributed by atoms with van der Waals surface area (Å²) in [6, 6.07) is 6.11. The molecule has 1 atom stereocenters. The molecule has 2 N–H and O–H groups in total. The van der Waals surface area contributed by atoms with Gasteiger partial charge in [0.05, 0.1) is 5.92 Å². The smallest absolute Gasteiger partial charge is 0.312 e. The second kappa shape index (κ2) is 4.66. The number of carbonyl (C=O) groups is 1. The van der Waals surface area contributed by atoms with Crippen LogP contribution in [0.25, 0.3) is 0 Å². The van der Waals surface area contributed by atoms with Gasteiger partial charge < -0.3 is 10.4 Å². The van der Waals surface area contributed by atoms with Crippen LogP contribution in [0, 0.1) is 0 Å². The number of nitrogens with one attached hydrogen (secondary N) is 1. The minimum atomic E-state index is -0.757. The van der Waals surface area contributed by atoms with Crippen LogP contribution in [0.15, 0.2) is 18.2 Å². The molecule has 0 spiro atoms. The van der Waals surface area contributed by atoms with E-state index in [1.807, 2.05) is 6.07 Å². The molecule has 0 radical (unpaired) electrons. The van der Waals surface area contributed by atoms with Gasteiger partial charge in [-0.25, -0.2) is 0 Å². The molecule has 1 aromatic carbocycles. The van der Waals surface area contributed by atoms with E-state index in [0.29, 0.717) is 6.54 Å². The first-order valence-electron chi connectivity index (χ1n) is 5.71. The third-order valence-electron chi connectivity index (χ3n) is 3.23. The van der Waals surface area contributed by atoms with Crippen LogP contribution in [0.1, 0.15) is 29.0 Å². The van der Waals surface area contributed by atoms with Crippen molar-refractivity contribution in [3.05, 3.63) is 34.9 Å². The van der Waals surface area contributed by atoms with Crippen LogP contribution in [-0.2, 0) is 17.6 Å². The molecule has 1 aliphatic carbocycles. The lowest BCUT2D eigenvalue weighted by atomic mass is 9.95. The Morgan fingerprint density at radius 1 is 1.44 bits per heavy atom. The summed E-state index contributed by atoms with van der Waals surface area (Å²) in [7, 11) is 1.78. The van der Waals surface area contributed by atoms with E-state index in [9.17, 15) is 4.79 Å². The SMILES string of the molecule is CNCC(C(=O)O)c1ccc2c(c1)CCC2. The Morgan fingerprint density at radius 3 is 2.88 bits per heavy atom. The summed E-state index contributed by atoms with van der Waals surface area (Å²) < 4.78 is 0. The van der Waals surface area contributed by atoms with E-state index >= 15 is 0 Å². The van der Waals surface area contributed by atoms with E-state index in [4.69, 9.17) is 5.11 Å². The lowest BCUT2D eigenvalue weighted by molar-refractivity contribution is -0.138. The number of hydrogen-bond donors (Lipinski definition) is 2. The Kier molecular flexibility index (Phi) is 3.25. The highest BCUT2D eigenvalue weighted by Crippen LogP contribution is 2.26. The minimum absolute atomic E-state index is 0.434. The first-order chi connectivity index (χ1) is 7.72. The van der Waals surface area contributed by atoms with Crippen LogP contribution in [0.4, 0.5) is 0 Å². The third kappa shape index (κ3) is 2.09. The van der Waals surface area contributed by atoms with Gasteiger partial charge in [0.15, 0.2) is 0 Å². The molecule has 3 nitrogen and oxygen atoms in total. The Hall–Kier alpha value is -1.35. The second-order valence-corrected chi connectivity index (χ2v) is 4.33. The predicted molar refractivity (Wildman–Crippen MR) is 62.8 cm³/mol. The van der Waals surface area contributed by atoms with Gasteiger partial charge in [-0.3, -0.25) is 4.79 Å². The topological polar surface area (TPSA) is 49.3 Å². The fourth-order valence-electron chi connectivity index (χ4n) is 2.36. The number of rotatable bonds is 4. The van der Waals surface area contributed by atoms with Crippen LogP contribution in [0.3, 0.4) is 0 Å². The molecule has 0 saturated carbocycles. The van der Waals surface area contributed by atoms with Crippen molar-refractivity contribution in [1.29, 1.82) is 0 Å². The monoisotopic (exact) mass is 219 g/mol. The molecular formula is C13H17NO2. The van der Waals surface area contributed by atoms with Gasteiger partial charge in [-0.15, -0.1) is 0 Å². The Labute approximate surface area is 95.5 Å². The van der Waals surface area contributed by atoms with Gasteiger partial charge in [0, 0.05) is 6.54 Å². The molecule has 0 fully saturated rings. The molecule has 3 heteroatoms. The summed E-state index contributed by atoms with van der Waals surface area (Å²) in [6.45, 7) is 0.480. The van der Waals surface area contributed by atoms with Crippen LogP contribution in [-0.4, -0.2) is 24.7 Å². The van der Waals surface area contributed by atoms with Crippen molar-refractivity contribution in [2.24, 2.45) is 0 Å². The average molecular weight is 219 g/mol. The highest BCUT2D eigenvalue weighted by atomic mass is 16.4. The first-order valence-corrected chi connectivity index (χ1v) is 5.71. The van der Waals surface area contributed by atoms with E-state index in [-0.39, 0.29) is 0 Å². The normalized spacial score (nSPS) is 15.8. The highest BCUT2D eigenvalue weighted by Gasteiger charge is 2.21. The summed E-state index contributed by atoms with van der Waals surface area (Å²) >= 11 is 0. The van der Waals surface area contributed by atoms with E-state index in [1.165, 1.54) is 17.5 Å². The zero-order chi connectivity index (χ0) is 11.5. The van der Waals surface area contributed by atoms with Gasteiger partial charge in [-0.05, 0) is 43.0 Å². The molecule has 86 valence electrons. The first kappa shape index (κ1) is 11.1. The molecule has 0 amide bonds. The quantitative estimate of drug-likeness (QED) is 0.808. The summed E-state index contributed by atoms with van der Waals surface area (Å²) in [5, 5.41) is 12.1. The van der Waals surface area contributed by atoms with E-state index in [1.54, 1.807) is 7.05 Å². The van der Waals surface area contributed by atoms with Crippen molar-refractivity contribution >= 4 is 5.97 Å². The third-order valence-corrected chi connectivity index (χ3v) is 3.23. The molecular weight excluding hydrogens is 202 g/mol. The average Bonchev–Trinajstić information content (AvgIpc) is 2.72. The lowest BCUT2D eigenvalue weighted by Gasteiger charge is -2.13. The second-order valence-electron chi connectivity index (χ2n) is 4.33. The molecule has 0 bridgehead atoms. The number of likely N-dealkylation sites (N-methyl/N-ethyl adjacent to an activating group) is 1. The maximum atomic E-state index is 11.2. The van der Waals surface area contributed by atoms with Crippen LogP contribution < -0.4 is 5.32 Å². The van der Waals surface area contributed by atoms with Gasteiger partial charge in [0.2, 0.25) is 0 Å². The molecule has 16 heavy (non-hydrogen) atoms. The molecule has 0 aromatic heterocycles. The number of hydrogen-bond acceptors (Lipinski definition) is 2. The largest absolute Gasteiger partial charge is 0.481 e. The predicted octanol–water partition coefficient (Wildman–Crippen LogP) is 1.56. The van der Waals surface area contributed by atoms with Crippen molar-refractivity contribution in [2.45, 2.75) is 25.2 Å². The number of benzene rings is 1. The minimum Gasteiger partial charge on any atom is -0.481 e. The van der Waals surface area contributed by atoms with Crippen molar-refractivity contribution < 1.29 is 9.90 Å². The van der Waals surface area contributed by atoms with Crippen LogP contribution in [0.2, 0.25) is 0 Å². The molecule has 0 heterocycles. The van der Waals surface area contributed by atoms with Gasteiger partial charge in [-0.2, -0.15) is 0 Å². The van der Waals surface area contributed by atoms with Crippen LogP contribution >= 0.6 is 0 Å². The molecule has 1 aliphatic rings. The zero-order valence-corrected chi connectivity index (χ0v) is 9.49. The van der Waals surface area contributed by atoms with Crippen molar-refractivity contribution in [3.63, 3.8) is 0 Å². The molecule has 2 rings (SSSR count). The van der Waals surface area contributed by atoms with Gasteiger partial charge in [0.25, 0.3) is 0 Å². The highest BCUT2D eigenvalue weighted by molar-refractivity contribution is 5.76. The van der Waals surface area contributed by atoms with Gasteiger partial charge in [-0.1, -0.05) is 18.2 Å². The van der Waals surface area contributed by atoms with Gasteiger partial charge in [0.1, 0.15) is 0 Å². The fourth-order valence-corrected chi connectivity index (χ4v) is 2.36. The van der Waals surface area contributed by atoms with E-state index in [2.05, 4.69) is 17.4 Å². The maximum absolute atomic E-state index is 11.2. The molecule has 1 unspecified atom stereocenters. The van der Waals surface area contributed by atoms with Gasteiger partial charge >= 0.3 is 5.97 Å². The number of aliphatic carboxylic acids is 1. The fraction of sp³-hybridized carbons (Fsp3) is 0.462. The summed E-state index contributed by atoms with van der Waals surface area (Å²) in [4.78, 5) is 11.2. The van der Waals surface area contributed by atoms with Crippen LogP contribution in [0.5, 0.6) is 0 Å². The maximum Gasteiger partial charge on any atom is 0.312 e. The Balaban J connectivity index is 2.28. The molecule has 0 aliphatic heterocycles. The summed E-state index contributed by atoms with van der Waals surface area (Å²) in [5.41, 5.74) is 3.64. The van der Waals surface area contributed by atoms with E-state index in [0.717, 1.165) is 18.4 Å². The van der Waals surface area contributed by atoms with Crippen molar-refractivity contribution in [1.82, 2.24) is 5.32 Å². The Morgan fingerprint density at radius 2 is 2.19 bits per heavy atom. The summed E-state index contributed by atoms with van der Waals surface area (Å²) in [6.07, 6.45) is 3.43. The van der Waals surface area contributed by atoms with Crippen molar-refractivity contribution in [3.8, 4) is 0 Å². The zero-order valence-electron chi connectivity index (χ0n) is 9.49. The number of aryl methyl sites for hydroxylation is 2. The lowest BCUT2D eigenvalue weighted by Crippen LogP contribution is -2.24. The van der Waals surface area contributed by atoms with E-state index < -0.39 is 11.9 Å². The Bertz CT molecular complexity index is 401. The van der Waals surface area contributed by atoms with Crippen molar-refractivity contribution in [2.75, 3.05) is 13.6 Å². The summed E-state index contributed by atoms with van der Waals surface area (Å²) in [5.74, 6) is -1.19. The number of carboxylic acids is 1. The standard InChI is InChI=1S/C13H17NO2/c1-14-8-12(13(15)16)11-6-5-9-3-2-4-10(9)7-11/h5-7,12,14H,2-4,8H2,1H3,(H,15,16).